The van der Waals surface area contributed by atoms with E-state index in [-0.39, 0.29) is 34.6 Å². The molecule has 0 spiro atoms. The van der Waals surface area contributed by atoms with Crippen molar-refractivity contribution in [3.63, 3.8) is 0 Å². The first-order valence-electron chi connectivity index (χ1n) is 13.9. The van der Waals surface area contributed by atoms with E-state index in [9.17, 15) is 13.6 Å². The number of hydrogen-bond donors (Lipinski definition) is 3. The number of primary amides is 1. The summed E-state index contributed by atoms with van der Waals surface area (Å²) in [5, 5.41) is 6.37. The van der Waals surface area contributed by atoms with Crippen molar-refractivity contribution in [3.05, 3.63) is 65.3 Å². The Kier molecular flexibility index (Phi) is 7.61. The summed E-state index contributed by atoms with van der Waals surface area (Å²) in [6, 6.07) is 12.2. The molecule has 1 amide bonds. The molecule has 1 aliphatic heterocycles. The van der Waals surface area contributed by atoms with Gasteiger partial charge in [-0.3, -0.25) is 9.36 Å². The zero-order valence-corrected chi connectivity index (χ0v) is 23.1. The molecule has 4 N–H and O–H groups in total. The van der Waals surface area contributed by atoms with E-state index in [2.05, 4.69) is 37.6 Å². The summed E-state index contributed by atoms with van der Waals surface area (Å²) >= 11 is 6.19. The number of rotatable bonds is 7. The maximum atomic E-state index is 14.7. The van der Waals surface area contributed by atoms with Gasteiger partial charge in [-0.05, 0) is 56.7 Å². The number of aromatic nitrogens is 4. The molecule has 6 rings (SSSR count). The van der Waals surface area contributed by atoms with Crippen LogP contribution in [0.25, 0.3) is 11.2 Å². The minimum absolute atomic E-state index is 0.0774. The molecule has 3 heterocycles. The Hall–Kier alpha value is -3.99. The van der Waals surface area contributed by atoms with E-state index in [1.807, 2.05) is 22.8 Å². The van der Waals surface area contributed by atoms with Crippen LogP contribution in [-0.2, 0) is 4.79 Å². The average Bonchev–Trinajstić information content (AvgIpc) is 3.33. The number of carbonyl (C=O) groups excluding carboxylic acids is 1. The summed E-state index contributed by atoms with van der Waals surface area (Å²) in [6.07, 6.45) is 6.23. The molecule has 2 aromatic carbocycles. The molecular formula is C29H31ClF2N8O. The van der Waals surface area contributed by atoms with Crippen molar-refractivity contribution < 1.29 is 13.6 Å². The molecule has 9 nitrogen and oxygen atoms in total. The van der Waals surface area contributed by atoms with Gasteiger partial charge in [0.2, 0.25) is 17.8 Å². The third-order valence-electron chi connectivity index (χ3n) is 8.02. The lowest BCUT2D eigenvalue weighted by molar-refractivity contribution is -0.122. The van der Waals surface area contributed by atoms with Crippen LogP contribution >= 0.6 is 11.6 Å². The Labute approximate surface area is 241 Å². The van der Waals surface area contributed by atoms with Crippen molar-refractivity contribution in [1.82, 2.24) is 19.5 Å². The van der Waals surface area contributed by atoms with E-state index >= 15 is 0 Å². The molecule has 1 saturated heterocycles. The fourth-order valence-corrected chi connectivity index (χ4v) is 6.18. The largest absolute Gasteiger partial charge is 0.369 e. The van der Waals surface area contributed by atoms with E-state index in [4.69, 9.17) is 22.3 Å². The maximum Gasteiger partial charge on any atom is 0.225 e. The van der Waals surface area contributed by atoms with Crippen LogP contribution in [-0.4, -0.2) is 44.6 Å². The van der Waals surface area contributed by atoms with Crippen LogP contribution in [0, 0.1) is 17.6 Å². The molecule has 41 heavy (non-hydrogen) atoms. The van der Waals surface area contributed by atoms with Crippen LogP contribution in [0.1, 0.15) is 44.6 Å². The van der Waals surface area contributed by atoms with Crippen LogP contribution in [0.2, 0.25) is 5.02 Å². The van der Waals surface area contributed by atoms with Gasteiger partial charge in [0.15, 0.2) is 11.5 Å². The molecule has 0 radical (unpaired) electrons. The van der Waals surface area contributed by atoms with Crippen molar-refractivity contribution in [1.29, 1.82) is 0 Å². The minimum atomic E-state index is -0.834. The van der Waals surface area contributed by atoms with E-state index in [1.54, 1.807) is 6.20 Å². The van der Waals surface area contributed by atoms with Gasteiger partial charge >= 0.3 is 0 Å². The predicted molar refractivity (Wildman–Crippen MR) is 155 cm³/mol. The van der Waals surface area contributed by atoms with Gasteiger partial charge in [0, 0.05) is 42.8 Å². The predicted octanol–water partition coefficient (Wildman–Crippen LogP) is 5.80. The van der Waals surface area contributed by atoms with Crippen LogP contribution in [0.4, 0.5) is 32.1 Å². The Morgan fingerprint density at radius 2 is 1.83 bits per heavy atom. The fraction of sp³-hybridized carbons (Fsp3) is 0.379. The monoisotopic (exact) mass is 580 g/mol. The number of halogens is 3. The highest BCUT2D eigenvalue weighted by atomic mass is 35.5. The summed E-state index contributed by atoms with van der Waals surface area (Å²) in [6.45, 7) is 1.80. The Balaban J connectivity index is 1.31. The van der Waals surface area contributed by atoms with Crippen molar-refractivity contribution in [3.8, 4) is 0 Å². The lowest BCUT2D eigenvalue weighted by Crippen LogP contribution is -2.42. The Morgan fingerprint density at radius 1 is 1.05 bits per heavy atom. The van der Waals surface area contributed by atoms with Gasteiger partial charge in [-0.15, -0.1) is 0 Å². The molecule has 2 aliphatic rings. The first kappa shape index (κ1) is 27.2. The highest BCUT2D eigenvalue weighted by Crippen LogP contribution is 2.38. The number of imidazole rings is 1. The van der Waals surface area contributed by atoms with Gasteiger partial charge < -0.3 is 21.3 Å². The molecule has 2 fully saturated rings. The smallest absolute Gasteiger partial charge is 0.225 e. The second-order valence-electron chi connectivity index (χ2n) is 10.8. The molecule has 12 heteroatoms. The van der Waals surface area contributed by atoms with Crippen molar-refractivity contribution in [2.75, 3.05) is 28.6 Å². The van der Waals surface area contributed by atoms with Gasteiger partial charge in [-0.2, -0.15) is 4.98 Å². The molecule has 1 saturated carbocycles. The van der Waals surface area contributed by atoms with E-state index in [0.717, 1.165) is 38.1 Å². The second kappa shape index (κ2) is 11.5. The van der Waals surface area contributed by atoms with E-state index in [0.29, 0.717) is 48.7 Å². The quantitative estimate of drug-likeness (QED) is 0.253. The summed E-state index contributed by atoms with van der Waals surface area (Å²) < 4.78 is 30.3. The topological polar surface area (TPSA) is 114 Å². The lowest BCUT2D eigenvalue weighted by atomic mass is 9.85. The number of nitrogens with two attached hydrogens (primary N) is 1. The zero-order chi connectivity index (χ0) is 28.5. The number of hydrogen-bond acceptors (Lipinski definition) is 7. The maximum absolute atomic E-state index is 14.7. The number of benzene rings is 2. The minimum Gasteiger partial charge on any atom is -0.369 e. The lowest BCUT2D eigenvalue weighted by Gasteiger charge is -2.34. The summed E-state index contributed by atoms with van der Waals surface area (Å²) in [4.78, 5) is 28.2. The number of piperidine rings is 1. The number of nitrogens with one attached hydrogen (secondary N) is 2. The van der Waals surface area contributed by atoms with Crippen LogP contribution in [0.3, 0.4) is 0 Å². The second-order valence-corrected chi connectivity index (χ2v) is 11.2. The third-order valence-corrected chi connectivity index (χ3v) is 8.31. The number of para-hydroxylation sites is 1. The number of fused-ring (bicyclic) bond motifs is 1. The highest BCUT2D eigenvalue weighted by molar-refractivity contribution is 6.33. The fourth-order valence-electron chi connectivity index (χ4n) is 5.94. The Morgan fingerprint density at radius 3 is 2.56 bits per heavy atom. The van der Waals surface area contributed by atoms with Gasteiger partial charge in [0.25, 0.3) is 0 Å². The number of carbonyl (C=O) groups is 1. The highest BCUT2D eigenvalue weighted by Gasteiger charge is 2.30. The van der Waals surface area contributed by atoms with E-state index < -0.39 is 11.6 Å². The van der Waals surface area contributed by atoms with Crippen molar-refractivity contribution >= 4 is 51.9 Å². The SMILES string of the molecule is NC(=O)C1CCC(n2c(Nc3c(F)cc(F)cc3Cl)nc3cnc(N[C@@H]4CCCN(c5ccccc5)C4)nc32)CC1. The summed E-state index contributed by atoms with van der Waals surface area (Å²) in [7, 11) is 0. The van der Waals surface area contributed by atoms with E-state index in [1.165, 1.54) is 5.69 Å². The molecule has 0 bridgehead atoms. The molecule has 1 aliphatic carbocycles. The van der Waals surface area contributed by atoms with Crippen LogP contribution in [0.5, 0.6) is 0 Å². The average molecular weight is 581 g/mol. The zero-order valence-electron chi connectivity index (χ0n) is 22.4. The van der Waals surface area contributed by atoms with Crippen LogP contribution < -0.4 is 21.3 Å². The molecule has 4 aromatic rings. The summed E-state index contributed by atoms with van der Waals surface area (Å²) in [5.41, 5.74) is 7.76. The number of amides is 1. The molecular weight excluding hydrogens is 550 g/mol. The molecule has 1 atom stereocenters. The summed E-state index contributed by atoms with van der Waals surface area (Å²) in [5.74, 6) is -1.31. The molecule has 214 valence electrons. The van der Waals surface area contributed by atoms with Crippen molar-refractivity contribution in [2.45, 2.75) is 50.6 Å². The van der Waals surface area contributed by atoms with Gasteiger partial charge in [0.1, 0.15) is 11.3 Å². The molecule has 0 unspecified atom stereocenters. The van der Waals surface area contributed by atoms with Crippen LogP contribution in [0.15, 0.2) is 48.7 Å². The van der Waals surface area contributed by atoms with Crippen molar-refractivity contribution in [2.24, 2.45) is 11.7 Å². The Bertz CT molecular complexity index is 1530. The number of nitrogens with zero attached hydrogens (tertiary/aromatic N) is 5. The molecule has 2 aromatic heterocycles. The number of anilines is 4. The standard InChI is InChI=1S/C29H31ClF2N8O/c30-22-13-18(31)14-23(32)25(22)37-29-36-24-15-34-28(35-19-5-4-12-39(16-19)20-6-2-1-3-7-20)38-27(24)40(29)21-10-8-17(9-11-21)26(33)41/h1-3,6-7,13-15,17,19,21H,4-5,8-12,16H2,(H2,33,41)(H,36,37)(H,34,35,38)/t17?,19-,21?/m1/s1. The normalized spacial score (nSPS) is 21.1. The third kappa shape index (κ3) is 5.76. The van der Waals surface area contributed by atoms with Gasteiger partial charge in [-0.25, -0.2) is 18.7 Å². The first-order valence-corrected chi connectivity index (χ1v) is 14.3. The van der Waals surface area contributed by atoms with Gasteiger partial charge in [0.05, 0.1) is 16.9 Å². The van der Waals surface area contributed by atoms with Gasteiger partial charge in [-0.1, -0.05) is 29.8 Å². The first-order chi connectivity index (χ1) is 19.9.